The maximum atomic E-state index is 11.2. The Morgan fingerprint density at radius 3 is 2.43 bits per heavy atom. The monoisotopic (exact) mass is 192 g/mol. The molecular formula is C13H20O. The molecule has 0 aromatic rings. The highest BCUT2D eigenvalue weighted by Crippen LogP contribution is 2.16. The van der Waals surface area contributed by atoms with Crippen molar-refractivity contribution in [1.82, 2.24) is 0 Å². The summed E-state index contributed by atoms with van der Waals surface area (Å²) in [7, 11) is 0. The number of carbonyl (C=O) groups is 1. The molecule has 1 aliphatic carbocycles. The minimum atomic E-state index is 0.221. The van der Waals surface area contributed by atoms with Gasteiger partial charge in [-0.05, 0) is 24.5 Å². The number of hydrogen-bond acceptors (Lipinski definition) is 1. The highest BCUT2D eigenvalue weighted by atomic mass is 16.1. The molecule has 1 rings (SSSR count). The summed E-state index contributed by atoms with van der Waals surface area (Å²) in [4.78, 5) is 11.2. The van der Waals surface area contributed by atoms with Gasteiger partial charge in [0.05, 0.1) is 0 Å². The highest BCUT2D eigenvalue weighted by molar-refractivity contribution is 6.06. The van der Waals surface area contributed by atoms with Crippen LogP contribution in [0.5, 0.6) is 0 Å². The first kappa shape index (κ1) is 11.2. The molecule has 0 heterocycles. The maximum absolute atomic E-state index is 11.2. The normalized spacial score (nSPS) is 14.9. The summed E-state index contributed by atoms with van der Waals surface area (Å²) >= 11 is 0. The van der Waals surface area contributed by atoms with E-state index in [1.807, 2.05) is 12.2 Å². The van der Waals surface area contributed by atoms with Crippen LogP contribution >= 0.6 is 0 Å². The van der Waals surface area contributed by atoms with E-state index < -0.39 is 0 Å². The van der Waals surface area contributed by atoms with Gasteiger partial charge in [-0.15, -0.1) is 0 Å². The van der Waals surface area contributed by atoms with Crippen LogP contribution in [0.4, 0.5) is 0 Å². The topological polar surface area (TPSA) is 17.1 Å². The summed E-state index contributed by atoms with van der Waals surface area (Å²) < 4.78 is 0. The van der Waals surface area contributed by atoms with E-state index >= 15 is 0 Å². The zero-order chi connectivity index (χ0) is 10.2. The SMILES string of the molecule is CCCCCCCCC1=CC=CC1=O. The van der Waals surface area contributed by atoms with E-state index in [0.29, 0.717) is 0 Å². The fourth-order valence-corrected chi connectivity index (χ4v) is 1.74. The molecule has 1 heteroatoms. The zero-order valence-corrected chi connectivity index (χ0v) is 9.09. The van der Waals surface area contributed by atoms with Gasteiger partial charge in [-0.3, -0.25) is 4.79 Å². The van der Waals surface area contributed by atoms with Crippen LogP contribution in [0.25, 0.3) is 0 Å². The minimum Gasteiger partial charge on any atom is -0.290 e. The molecule has 0 saturated heterocycles. The van der Waals surface area contributed by atoms with Gasteiger partial charge in [0.15, 0.2) is 5.78 Å². The van der Waals surface area contributed by atoms with Gasteiger partial charge >= 0.3 is 0 Å². The summed E-state index contributed by atoms with van der Waals surface area (Å²) in [5.41, 5.74) is 1.00. The molecule has 0 spiro atoms. The van der Waals surface area contributed by atoms with Crippen molar-refractivity contribution in [2.75, 3.05) is 0 Å². The Bertz CT molecular complexity index is 236. The molecule has 0 radical (unpaired) electrons. The third-order valence-corrected chi connectivity index (χ3v) is 2.66. The molecule has 0 unspecified atom stereocenters. The van der Waals surface area contributed by atoms with Gasteiger partial charge in [-0.2, -0.15) is 0 Å². The summed E-state index contributed by atoms with van der Waals surface area (Å²) in [6, 6.07) is 0. The van der Waals surface area contributed by atoms with E-state index in [0.717, 1.165) is 12.0 Å². The lowest BCUT2D eigenvalue weighted by Gasteiger charge is -2.01. The molecule has 0 saturated carbocycles. The number of allylic oxidation sites excluding steroid dienone is 4. The van der Waals surface area contributed by atoms with Crippen LogP contribution in [0, 0.1) is 0 Å². The molecule has 1 nitrogen and oxygen atoms in total. The molecule has 0 aliphatic heterocycles. The third kappa shape index (κ3) is 3.91. The zero-order valence-electron chi connectivity index (χ0n) is 9.09. The number of hydrogen-bond donors (Lipinski definition) is 0. The van der Waals surface area contributed by atoms with E-state index in [1.54, 1.807) is 6.08 Å². The van der Waals surface area contributed by atoms with Crippen molar-refractivity contribution in [3.63, 3.8) is 0 Å². The lowest BCUT2D eigenvalue weighted by atomic mass is 10.0. The molecule has 0 atom stereocenters. The van der Waals surface area contributed by atoms with E-state index in [9.17, 15) is 4.79 Å². The second-order valence-corrected chi connectivity index (χ2v) is 3.93. The second-order valence-electron chi connectivity index (χ2n) is 3.93. The predicted octanol–water partition coefficient (Wildman–Crippen LogP) is 3.80. The van der Waals surface area contributed by atoms with Crippen LogP contribution in [-0.2, 0) is 4.79 Å². The quantitative estimate of drug-likeness (QED) is 0.561. The fourth-order valence-electron chi connectivity index (χ4n) is 1.74. The largest absolute Gasteiger partial charge is 0.290 e. The molecule has 0 fully saturated rings. The number of unbranched alkanes of at least 4 members (excludes halogenated alkanes) is 5. The van der Waals surface area contributed by atoms with Gasteiger partial charge in [0.1, 0.15) is 0 Å². The molecule has 0 bridgehead atoms. The van der Waals surface area contributed by atoms with Crippen LogP contribution in [0.1, 0.15) is 51.9 Å². The van der Waals surface area contributed by atoms with Gasteiger partial charge in [0, 0.05) is 0 Å². The van der Waals surface area contributed by atoms with E-state index in [4.69, 9.17) is 0 Å². The van der Waals surface area contributed by atoms with Crippen molar-refractivity contribution in [2.24, 2.45) is 0 Å². The first-order valence-corrected chi connectivity index (χ1v) is 5.76. The van der Waals surface area contributed by atoms with Crippen LogP contribution in [0.2, 0.25) is 0 Å². The van der Waals surface area contributed by atoms with Crippen molar-refractivity contribution in [1.29, 1.82) is 0 Å². The summed E-state index contributed by atoms with van der Waals surface area (Å²) in [6.45, 7) is 2.23. The van der Waals surface area contributed by atoms with Crippen molar-refractivity contribution < 1.29 is 4.79 Å². The number of ketones is 1. The van der Waals surface area contributed by atoms with Gasteiger partial charge in [0.2, 0.25) is 0 Å². The lowest BCUT2D eigenvalue weighted by Crippen LogP contribution is -1.94. The molecule has 0 amide bonds. The fraction of sp³-hybridized carbons (Fsp3) is 0.615. The Balaban J connectivity index is 1.97. The summed E-state index contributed by atoms with van der Waals surface area (Å²) in [5, 5.41) is 0. The molecule has 0 aromatic carbocycles. The number of carbonyl (C=O) groups excluding carboxylic acids is 1. The first-order chi connectivity index (χ1) is 6.84. The summed E-state index contributed by atoms with van der Waals surface area (Å²) in [5.74, 6) is 0.221. The van der Waals surface area contributed by atoms with Crippen LogP contribution in [0.15, 0.2) is 23.8 Å². The first-order valence-electron chi connectivity index (χ1n) is 5.76. The lowest BCUT2D eigenvalue weighted by molar-refractivity contribution is -0.111. The third-order valence-electron chi connectivity index (χ3n) is 2.66. The standard InChI is InChI=1S/C13H20O/c1-2-3-4-5-6-7-9-12-10-8-11-13(12)14/h8,10-11H,2-7,9H2,1H3. The Morgan fingerprint density at radius 1 is 1.07 bits per heavy atom. The van der Waals surface area contributed by atoms with Crippen LogP contribution < -0.4 is 0 Å². The predicted molar refractivity (Wildman–Crippen MR) is 60.2 cm³/mol. The van der Waals surface area contributed by atoms with Crippen molar-refractivity contribution >= 4 is 5.78 Å². The van der Waals surface area contributed by atoms with E-state index in [1.165, 1.54) is 38.5 Å². The summed E-state index contributed by atoms with van der Waals surface area (Å²) in [6.07, 6.45) is 14.2. The molecule has 1 aliphatic rings. The molecule has 0 aromatic heterocycles. The minimum absolute atomic E-state index is 0.221. The van der Waals surface area contributed by atoms with Gasteiger partial charge < -0.3 is 0 Å². The Kier molecular flexibility index (Phi) is 5.28. The van der Waals surface area contributed by atoms with Gasteiger partial charge in [0.25, 0.3) is 0 Å². The Hall–Kier alpha value is -0.850. The van der Waals surface area contributed by atoms with Crippen LogP contribution in [-0.4, -0.2) is 5.78 Å². The van der Waals surface area contributed by atoms with E-state index in [-0.39, 0.29) is 5.78 Å². The molecule has 78 valence electrons. The molecule has 14 heavy (non-hydrogen) atoms. The van der Waals surface area contributed by atoms with Crippen molar-refractivity contribution in [3.05, 3.63) is 23.8 Å². The smallest absolute Gasteiger partial charge is 0.181 e. The van der Waals surface area contributed by atoms with Gasteiger partial charge in [-0.1, -0.05) is 51.2 Å². The maximum Gasteiger partial charge on any atom is 0.181 e. The van der Waals surface area contributed by atoms with Crippen LogP contribution in [0.3, 0.4) is 0 Å². The second kappa shape index (κ2) is 6.58. The Labute approximate surface area is 86.9 Å². The average molecular weight is 192 g/mol. The number of rotatable bonds is 7. The van der Waals surface area contributed by atoms with E-state index in [2.05, 4.69) is 6.92 Å². The highest BCUT2D eigenvalue weighted by Gasteiger charge is 2.08. The molecule has 0 N–H and O–H groups in total. The van der Waals surface area contributed by atoms with Crippen molar-refractivity contribution in [3.8, 4) is 0 Å². The Morgan fingerprint density at radius 2 is 1.79 bits per heavy atom. The average Bonchev–Trinajstić information content (AvgIpc) is 2.58. The van der Waals surface area contributed by atoms with Crippen molar-refractivity contribution in [2.45, 2.75) is 51.9 Å². The van der Waals surface area contributed by atoms with Gasteiger partial charge in [-0.25, -0.2) is 0 Å². The molecular weight excluding hydrogens is 172 g/mol.